The van der Waals surface area contributed by atoms with Gasteiger partial charge in [-0.05, 0) is 45.6 Å². The lowest BCUT2D eigenvalue weighted by Gasteiger charge is -2.30. The van der Waals surface area contributed by atoms with Crippen molar-refractivity contribution in [1.29, 1.82) is 0 Å². The molecular weight excluding hydrogens is 471 g/mol. The number of aromatic nitrogens is 2. The Bertz CT molecular complexity index is 1000. The van der Waals surface area contributed by atoms with Crippen LogP contribution < -0.4 is 5.32 Å². The second-order valence-electron chi connectivity index (χ2n) is 8.79. The van der Waals surface area contributed by atoms with Gasteiger partial charge in [0.2, 0.25) is 16.0 Å². The average Bonchev–Trinajstić information content (AvgIpc) is 2.74. The van der Waals surface area contributed by atoms with Gasteiger partial charge in [0.1, 0.15) is 0 Å². The zero-order valence-corrected chi connectivity index (χ0v) is 21.3. The second-order valence-corrected chi connectivity index (χ2v) is 10.8. The Labute approximate surface area is 199 Å². The molecule has 8 nitrogen and oxygen atoms in total. The smallest absolute Gasteiger partial charge is 0.419 e. The van der Waals surface area contributed by atoms with Gasteiger partial charge in [0.25, 0.3) is 0 Å². The highest BCUT2D eigenvalue weighted by molar-refractivity contribution is 7.88. The lowest BCUT2D eigenvalue weighted by Crippen LogP contribution is -2.42. The molecule has 0 saturated carbocycles. The summed E-state index contributed by atoms with van der Waals surface area (Å²) in [5, 5.41) is 3.05. The highest BCUT2D eigenvalue weighted by atomic mass is 32.2. The number of nitrogens with one attached hydrogen (secondary N) is 1. The minimum Gasteiger partial charge on any atom is -0.478 e. The third-order valence-electron chi connectivity index (χ3n) is 5.50. The Balaban J connectivity index is 2.32. The Morgan fingerprint density at radius 2 is 1.94 bits per heavy atom. The molecule has 2 heterocycles. The van der Waals surface area contributed by atoms with Gasteiger partial charge in [-0.2, -0.15) is 13.2 Å². The van der Waals surface area contributed by atoms with Crippen LogP contribution in [0.25, 0.3) is 5.57 Å². The number of piperidine rings is 1. The van der Waals surface area contributed by atoms with Crippen molar-refractivity contribution in [3.05, 3.63) is 23.7 Å². The minimum atomic E-state index is -4.64. The molecule has 1 saturated heterocycles. The van der Waals surface area contributed by atoms with E-state index < -0.39 is 21.8 Å². The lowest BCUT2D eigenvalue weighted by molar-refractivity contribution is -0.138. The van der Waals surface area contributed by atoms with Crippen LogP contribution >= 0.6 is 0 Å². The monoisotopic (exact) mass is 505 g/mol. The fourth-order valence-electron chi connectivity index (χ4n) is 3.39. The standard InChI is InChI=1S/C22H34F3N5O3S/c1-7-15(4)20(33-14(2)3)26-12-16(5)19-18(22(23,24)25)13-27-21(29-19)28-17-8-10-30(11-9-17)34(6,31)32/h12-15,17H,7-11H2,1-6H3,(H,27,28,29)/b16-12+,26-20+. The molecule has 1 unspecified atom stereocenters. The van der Waals surface area contributed by atoms with Gasteiger partial charge in [0.05, 0.1) is 23.6 Å². The number of nitrogens with zero attached hydrogens (tertiary/aromatic N) is 4. The van der Waals surface area contributed by atoms with E-state index in [2.05, 4.69) is 20.3 Å². The maximum absolute atomic E-state index is 13.7. The lowest BCUT2D eigenvalue weighted by atomic mass is 10.1. The zero-order valence-electron chi connectivity index (χ0n) is 20.5. The number of alkyl halides is 3. The van der Waals surface area contributed by atoms with Crippen LogP contribution in [0.2, 0.25) is 0 Å². The van der Waals surface area contributed by atoms with E-state index >= 15 is 0 Å². The van der Waals surface area contributed by atoms with Crippen molar-refractivity contribution < 1.29 is 26.3 Å². The largest absolute Gasteiger partial charge is 0.478 e. The van der Waals surface area contributed by atoms with E-state index in [-0.39, 0.29) is 35.3 Å². The fourth-order valence-corrected chi connectivity index (χ4v) is 4.26. The molecule has 2 rings (SSSR count). The van der Waals surface area contributed by atoms with Crippen LogP contribution in [0.3, 0.4) is 0 Å². The molecule has 0 radical (unpaired) electrons. The SMILES string of the molecule is CCC(C)/C(=N\C=C(/C)c1nc(NC2CCN(S(C)(=O)=O)CC2)ncc1C(F)(F)F)OC(C)C. The maximum atomic E-state index is 13.7. The highest BCUT2D eigenvalue weighted by Gasteiger charge is 2.36. The third-order valence-corrected chi connectivity index (χ3v) is 6.80. The average molecular weight is 506 g/mol. The predicted molar refractivity (Wildman–Crippen MR) is 127 cm³/mol. The molecule has 0 aromatic carbocycles. The molecule has 1 aromatic rings. The van der Waals surface area contributed by atoms with Crippen LogP contribution in [0.15, 0.2) is 17.4 Å². The number of anilines is 1. The summed E-state index contributed by atoms with van der Waals surface area (Å²) in [7, 11) is -3.27. The number of rotatable bonds is 8. The molecule has 12 heteroatoms. The van der Waals surface area contributed by atoms with Gasteiger partial charge in [-0.1, -0.05) is 13.8 Å². The van der Waals surface area contributed by atoms with Crippen LogP contribution in [0.4, 0.5) is 19.1 Å². The highest BCUT2D eigenvalue weighted by Crippen LogP contribution is 2.34. The zero-order chi connectivity index (χ0) is 25.7. The molecule has 1 fully saturated rings. The first kappa shape index (κ1) is 28.0. The molecule has 1 aliphatic rings. The van der Waals surface area contributed by atoms with Crippen molar-refractivity contribution in [3.63, 3.8) is 0 Å². The molecule has 0 spiro atoms. The van der Waals surface area contributed by atoms with Gasteiger partial charge in [-0.3, -0.25) is 0 Å². The van der Waals surface area contributed by atoms with Crippen molar-refractivity contribution >= 4 is 27.4 Å². The van der Waals surface area contributed by atoms with Crippen molar-refractivity contribution in [1.82, 2.24) is 14.3 Å². The number of halogens is 3. The van der Waals surface area contributed by atoms with E-state index in [4.69, 9.17) is 4.74 Å². The molecule has 0 amide bonds. The van der Waals surface area contributed by atoms with Crippen molar-refractivity contribution in [3.8, 4) is 0 Å². The molecule has 34 heavy (non-hydrogen) atoms. The summed E-state index contributed by atoms with van der Waals surface area (Å²) < 4.78 is 71.4. The van der Waals surface area contributed by atoms with E-state index in [1.54, 1.807) is 0 Å². The first-order chi connectivity index (χ1) is 15.7. The minimum absolute atomic E-state index is 0.00830. The predicted octanol–water partition coefficient (Wildman–Crippen LogP) is 4.56. The van der Waals surface area contributed by atoms with Crippen molar-refractivity contribution in [2.24, 2.45) is 10.9 Å². The first-order valence-electron chi connectivity index (χ1n) is 11.3. The van der Waals surface area contributed by atoms with E-state index in [9.17, 15) is 21.6 Å². The number of allylic oxidation sites excluding steroid dienone is 1. The third kappa shape index (κ3) is 7.93. The summed E-state index contributed by atoms with van der Waals surface area (Å²) in [6, 6.07) is -0.152. The molecule has 1 aromatic heterocycles. The van der Waals surface area contributed by atoms with Gasteiger partial charge in [0, 0.05) is 37.4 Å². The Morgan fingerprint density at radius 3 is 2.44 bits per heavy atom. The van der Waals surface area contributed by atoms with Crippen LogP contribution in [0.1, 0.15) is 65.1 Å². The molecule has 0 aliphatic carbocycles. The van der Waals surface area contributed by atoms with Gasteiger partial charge >= 0.3 is 6.18 Å². The van der Waals surface area contributed by atoms with Crippen LogP contribution in [0.5, 0.6) is 0 Å². The first-order valence-corrected chi connectivity index (χ1v) is 13.1. The topological polar surface area (TPSA) is 96.8 Å². The molecule has 1 atom stereocenters. The Hall–Kier alpha value is -2.21. The normalized spacial score (nSPS) is 18.3. The van der Waals surface area contributed by atoms with E-state index in [1.807, 2.05) is 27.7 Å². The van der Waals surface area contributed by atoms with Gasteiger partial charge in [-0.15, -0.1) is 0 Å². The van der Waals surface area contributed by atoms with Crippen LogP contribution in [0, 0.1) is 5.92 Å². The molecule has 1 N–H and O–H groups in total. The molecule has 1 aliphatic heterocycles. The number of hydrogen-bond donors (Lipinski definition) is 1. The summed E-state index contributed by atoms with van der Waals surface area (Å²) in [5.74, 6) is 0.516. The van der Waals surface area contributed by atoms with E-state index in [0.717, 1.165) is 18.9 Å². The van der Waals surface area contributed by atoms with Crippen LogP contribution in [-0.2, 0) is 20.9 Å². The van der Waals surface area contributed by atoms with E-state index in [0.29, 0.717) is 31.8 Å². The quantitative estimate of drug-likeness (QED) is 0.411. The van der Waals surface area contributed by atoms with Gasteiger partial charge < -0.3 is 10.1 Å². The maximum Gasteiger partial charge on any atom is 0.419 e. The number of hydrogen-bond acceptors (Lipinski definition) is 7. The number of ether oxygens (including phenoxy) is 1. The van der Waals surface area contributed by atoms with Crippen LogP contribution in [-0.4, -0.2) is 60.1 Å². The van der Waals surface area contributed by atoms with Gasteiger partial charge in [-0.25, -0.2) is 27.7 Å². The number of sulfonamides is 1. The summed E-state index contributed by atoms with van der Waals surface area (Å²) in [4.78, 5) is 12.3. The van der Waals surface area contributed by atoms with Crippen molar-refractivity contribution in [2.75, 3.05) is 24.7 Å². The Kier molecular flexibility index (Phi) is 9.46. The van der Waals surface area contributed by atoms with E-state index in [1.165, 1.54) is 17.4 Å². The summed E-state index contributed by atoms with van der Waals surface area (Å²) in [5.41, 5.74) is -1.00. The second kappa shape index (κ2) is 11.5. The molecule has 192 valence electrons. The van der Waals surface area contributed by atoms with Gasteiger partial charge in [0.15, 0.2) is 5.90 Å². The number of aliphatic imine (C=N–C) groups is 1. The fraction of sp³-hybridized carbons (Fsp3) is 0.682. The summed E-state index contributed by atoms with van der Waals surface area (Å²) in [6.45, 7) is 9.80. The molecular formula is C22H34F3N5O3S. The summed E-state index contributed by atoms with van der Waals surface area (Å²) >= 11 is 0. The van der Waals surface area contributed by atoms with Crippen molar-refractivity contribution in [2.45, 2.75) is 72.2 Å². The molecule has 0 bridgehead atoms. The Morgan fingerprint density at radius 1 is 1.32 bits per heavy atom. The summed E-state index contributed by atoms with van der Waals surface area (Å²) in [6.07, 6.45) is 0.271.